The van der Waals surface area contributed by atoms with Gasteiger partial charge >= 0.3 is 5.97 Å². The molecule has 0 saturated heterocycles. The number of ether oxygens (including phenoxy) is 2. The van der Waals surface area contributed by atoms with Crippen LogP contribution in [0.3, 0.4) is 0 Å². The third-order valence-corrected chi connectivity index (χ3v) is 4.96. The van der Waals surface area contributed by atoms with Crippen LogP contribution in [0.2, 0.25) is 0 Å². The van der Waals surface area contributed by atoms with Gasteiger partial charge in [0.05, 0.1) is 18.0 Å². The van der Waals surface area contributed by atoms with Crippen LogP contribution in [0, 0.1) is 25.2 Å². The van der Waals surface area contributed by atoms with Crippen LogP contribution < -0.4 is 5.56 Å². The minimum absolute atomic E-state index is 0.1000. The molecule has 31 heavy (non-hydrogen) atoms. The molecule has 0 N–H and O–H groups in total. The Morgan fingerprint density at radius 2 is 2.06 bits per heavy atom. The summed E-state index contributed by atoms with van der Waals surface area (Å²) in [6.45, 7) is 5.98. The smallest absolute Gasteiger partial charge is 0.350 e. The molecule has 2 heterocycles. The number of benzene rings is 1. The average molecular weight is 421 g/mol. The second kappa shape index (κ2) is 9.36. The summed E-state index contributed by atoms with van der Waals surface area (Å²) in [4.78, 5) is 24.9. The summed E-state index contributed by atoms with van der Waals surface area (Å²) in [6.07, 6.45) is 1.48. The van der Waals surface area contributed by atoms with Crippen molar-refractivity contribution in [3.05, 3.63) is 63.2 Å². The molecule has 9 nitrogen and oxygen atoms in total. The van der Waals surface area contributed by atoms with Gasteiger partial charge < -0.3 is 14.0 Å². The molecule has 0 aliphatic rings. The number of esters is 1. The van der Waals surface area contributed by atoms with Crippen molar-refractivity contribution in [3.8, 4) is 6.07 Å². The summed E-state index contributed by atoms with van der Waals surface area (Å²) in [5, 5.41) is 17.5. The molecule has 9 heteroatoms. The van der Waals surface area contributed by atoms with Gasteiger partial charge in [-0.3, -0.25) is 4.79 Å². The summed E-state index contributed by atoms with van der Waals surface area (Å²) in [5.74, 6) is -0.848. The number of methoxy groups -OCH3 is 1. The van der Waals surface area contributed by atoms with Crippen LogP contribution >= 0.6 is 0 Å². The largest absolute Gasteiger partial charge is 0.438 e. The van der Waals surface area contributed by atoms with Crippen LogP contribution in [0.4, 0.5) is 0 Å². The SMILES string of the molecule is COC[C@@H](C)n1c(C)cc(/C=C(\C#N)C(=O)OCn2nnc3ccccc3c2=O)c1C. The van der Waals surface area contributed by atoms with Gasteiger partial charge in [0.1, 0.15) is 17.2 Å². The molecule has 2 aromatic heterocycles. The number of carbonyl (C=O) groups is 1. The van der Waals surface area contributed by atoms with Crippen molar-refractivity contribution in [2.24, 2.45) is 0 Å². The van der Waals surface area contributed by atoms with Gasteiger partial charge in [-0.2, -0.15) is 9.94 Å². The highest BCUT2D eigenvalue weighted by Crippen LogP contribution is 2.23. The quantitative estimate of drug-likeness (QED) is 0.327. The lowest BCUT2D eigenvalue weighted by molar-refractivity contribution is -0.142. The minimum Gasteiger partial charge on any atom is -0.438 e. The molecule has 0 aliphatic carbocycles. The number of fused-ring (bicyclic) bond motifs is 1. The second-order valence-electron chi connectivity index (χ2n) is 7.14. The second-order valence-corrected chi connectivity index (χ2v) is 7.14. The number of aryl methyl sites for hydroxylation is 1. The number of hydrogen-bond acceptors (Lipinski definition) is 7. The van der Waals surface area contributed by atoms with Gasteiger partial charge in [-0.25, -0.2) is 4.79 Å². The fourth-order valence-electron chi connectivity index (χ4n) is 3.54. The predicted molar refractivity (Wildman–Crippen MR) is 114 cm³/mol. The number of nitrogens with zero attached hydrogens (tertiary/aromatic N) is 5. The van der Waals surface area contributed by atoms with Gasteiger partial charge in [-0.1, -0.05) is 17.3 Å². The minimum atomic E-state index is -0.848. The first-order valence-corrected chi connectivity index (χ1v) is 9.66. The molecule has 3 rings (SSSR count). The molecule has 0 unspecified atom stereocenters. The van der Waals surface area contributed by atoms with E-state index >= 15 is 0 Å². The summed E-state index contributed by atoms with van der Waals surface area (Å²) in [5.41, 5.74) is 2.46. The number of nitriles is 1. The average Bonchev–Trinajstić information content (AvgIpc) is 3.04. The summed E-state index contributed by atoms with van der Waals surface area (Å²) >= 11 is 0. The Morgan fingerprint density at radius 1 is 1.32 bits per heavy atom. The maximum Gasteiger partial charge on any atom is 0.350 e. The molecule has 1 atom stereocenters. The Balaban J connectivity index is 1.81. The van der Waals surface area contributed by atoms with Gasteiger partial charge in [0.25, 0.3) is 5.56 Å². The van der Waals surface area contributed by atoms with Crippen molar-refractivity contribution >= 4 is 22.9 Å². The third-order valence-electron chi connectivity index (χ3n) is 4.96. The number of carbonyl (C=O) groups excluding carboxylic acids is 1. The standard InChI is InChI=1S/C22H23N5O4/c1-14-9-17(16(3)27(14)15(2)12-30-4)10-18(11-23)22(29)31-13-26-21(28)19-7-5-6-8-20(19)24-25-26/h5-10,15H,12-13H2,1-4H3/b18-10+/t15-/m1/s1. The van der Waals surface area contributed by atoms with E-state index in [9.17, 15) is 14.9 Å². The molecule has 160 valence electrons. The lowest BCUT2D eigenvalue weighted by Crippen LogP contribution is -2.26. The van der Waals surface area contributed by atoms with Gasteiger partial charge in [0.2, 0.25) is 0 Å². The number of aromatic nitrogens is 4. The van der Waals surface area contributed by atoms with Crippen LogP contribution in [0.25, 0.3) is 17.0 Å². The Kier molecular flexibility index (Phi) is 6.62. The highest BCUT2D eigenvalue weighted by atomic mass is 16.5. The van der Waals surface area contributed by atoms with Crippen LogP contribution in [0.1, 0.15) is 29.9 Å². The van der Waals surface area contributed by atoms with Crippen molar-refractivity contribution in [3.63, 3.8) is 0 Å². The van der Waals surface area contributed by atoms with Crippen molar-refractivity contribution in [1.82, 2.24) is 19.6 Å². The van der Waals surface area contributed by atoms with E-state index in [1.165, 1.54) is 6.08 Å². The lowest BCUT2D eigenvalue weighted by Gasteiger charge is -2.17. The number of hydrogen-bond donors (Lipinski definition) is 0. The maximum atomic E-state index is 12.5. The summed E-state index contributed by atoms with van der Waals surface area (Å²) in [7, 11) is 1.64. The summed E-state index contributed by atoms with van der Waals surface area (Å²) in [6, 6.07) is 10.6. The Hall–Kier alpha value is -3.77. The first-order valence-electron chi connectivity index (χ1n) is 9.66. The maximum absolute atomic E-state index is 12.5. The van der Waals surface area contributed by atoms with Crippen LogP contribution in [0.5, 0.6) is 0 Å². The molecule has 0 radical (unpaired) electrons. The van der Waals surface area contributed by atoms with Crippen molar-refractivity contribution in [1.29, 1.82) is 5.26 Å². The van der Waals surface area contributed by atoms with E-state index in [0.717, 1.165) is 21.6 Å². The highest BCUT2D eigenvalue weighted by Gasteiger charge is 2.17. The zero-order chi connectivity index (χ0) is 22.5. The zero-order valence-corrected chi connectivity index (χ0v) is 17.8. The van der Waals surface area contributed by atoms with E-state index in [4.69, 9.17) is 9.47 Å². The van der Waals surface area contributed by atoms with E-state index in [1.54, 1.807) is 31.4 Å². The van der Waals surface area contributed by atoms with E-state index in [1.807, 2.05) is 32.9 Å². The molecule has 0 amide bonds. The van der Waals surface area contributed by atoms with Gasteiger partial charge in [0.15, 0.2) is 6.73 Å². The van der Waals surface area contributed by atoms with Crippen molar-refractivity contribution < 1.29 is 14.3 Å². The zero-order valence-electron chi connectivity index (χ0n) is 17.8. The van der Waals surface area contributed by atoms with Gasteiger partial charge in [-0.05, 0) is 50.6 Å². The third kappa shape index (κ3) is 4.54. The fraction of sp³-hybridized carbons (Fsp3) is 0.318. The molecular weight excluding hydrogens is 398 g/mol. The molecule has 0 spiro atoms. The molecular formula is C22H23N5O4. The van der Waals surface area contributed by atoms with Crippen LogP contribution in [-0.2, 0) is 21.0 Å². The Bertz CT molecular complexity index is 1250. The van der Waals surface area contributed by atoms with E-state index in [-0.39, 0.29) is 11.6 Å². The van der Waals surface area contributed by atoms with Crippen molar-refractivity contribution in [2.75, 3.05) is 13.7 Å². The number of rotatable bonds is 7. The van der Waals surface area contributed by atoms with Gasteiger partial charge in [0, 0.05) is 18.5 Å². The molecule has 1 aromatic carbocycles. The topological polar surface area (TPSA) is 112 Å². The Labute approximate surface area is 179 Å². The van der Waals surface area contributed by atoms with E-state index < -0.39 is 18.3 Å². The first-order chi connectivity index (χ1) is 14.9. The molecule has 3 aromatic rings. The molecule has 0 bridgehead atoms. The predicted octanol–water partition coefficient (Wildman–Crippen LogP) is 2.53. The molecule has 0 aliphatic heterocycles. The fourth-order valence-corrected chi connectivity index (χ4v) is 3.54. The molecule has 0 fully saturated rings. The van der Waals surface area contributed by atoms with Crippen LogP contribution in [-0.4, -0.2) is 39.2 Å². The summed E-state index contributed by atoms with van der Waals surface area (Å²) < 4.78 is 13.4. The lowest BCUT2D eigenvalue weighted by atomic mass is 10.1. The molecule has 0 saturated carbocycles. The monoisotopic (exact) mass is 421 g/mol. The van der Waals surface area contributed by atoms with Crippen molar-refractivity contribution in [2.45, 2.75) is 33.5 Å². The van der Waals surface area contributed by atoms with Crippen LogP contribution in [0.15, 0.2) is 40.7 Å². The highest BCUT2D eigenvalue weighted by molar-refractivity contribution is 5.98. The van der Waals surface area contributed by atoms with E-state index in [2.05, 4.69) is 14.9 Å². The van der Waals surface area contributed by atoms with Gasteiger partial charge in [-0.15, -0.1) is 5.10 Å². The Morgan fingerprint density at radius 3 is 2.77 bits per heavy atom. The normalized spacial score (nSPS) is 12.5. The first kappa shape index (κ1) is 21.9. The van der Waals surface area contributed by atoms with E-state index in [0.29, 0.717) is 17.5 Å².